The predicted octanol–water partition coefficient (Wildman–Crippen LogP) is 1.28. The maximum Gasteiger partial charge on any atom is 0.255 e. The number of nitrogens with zero attached hydrogens (tertiary/aromatic N) is 1. The number of carbonyl (C=O) groups is 1. The Morgan fingerprint density at radius 1 is 1.47 bits per heavy atom. The van der Waals surface area contributed by atoms with Gasteiger partial charge in [-0.25, -0.2) is 4.98 Å². The molecule has 2 N–H and O–H groups in total. The van der Waals surface area contributed by atoms with Crippen molar-refractivity contribution in [3.63, 3.8) is 0 Å². The molecule has 0 aliphatic rings. The Morgan fingerprint density at radius 2 is 2.29 bits per heavy atom. The Bertz CT molecular complexity index is 355. The van der Waals surface area contributed by atoms with E-state index in [4.69, 9.17) is 4.74 Å². The number of hydrogen-bond donors (Lipinski definition) is 2. The summed E-state index contributed by atoms with van der Waals surface area (Å²) in [6, 6.07) is 3.50. The lowest BCUT2D eigenvalue weighted by Crippen LogP contribution is -2.25. The minimum atomic E-state index is -0.0973. The van der Waals surface area contributed by atoms with E-state index in [0.29, 0.717) is 17.9 Å². The van der Waals surface area contributed by atoms with E-state index in [2.05, 4.69) is 15.6 Å². The van der Waals surface area contributed by atoms with Crippen LogP contribution in [0, 0.1) is 0 Å². The summed E-state index contributed by atoms with van der Waals surface area (Å²) in [5.74, 6) is 0.502. The standard InChI is InChI=1S/C12H19N3O2/c1-13-11-10(6-5-8-14-11)12(16)15-7-3-4-9-17-2/h5-6,8H,3-4,7,9H2,1-2H3,(H,13,14)(H,15,16). The molecule has 0 unspecified atom stereocenters. The third-order valence-electron chi connectivity index (χ3n) is 2.35. The Morgan fingerprint density at radius 3 is 3.00 bits per heavy atom. The normalized spacial score (nSPS) is 10.0. The fourth-order valence-electron chi connectivity index (χ4n) is 1.46. The third kappa shape index (κ3) is 4.40. The van der Waals surface area contributed by atoms with Crippen molar-refractivity contribution < 1.29 is 9.53 Å². The van der Waals surface area contributed by atoms with E-state index in [0.717, 1.165) is 19.4 Å². The maximum absolute atomic E-state index is 11.8. The van der Waals surface area contributed by atoms with Gasteiger partial charge in [0.15, 0.2) is 0 Å². The van der Waals surface area contributed by atoms with Crippen molar-refractivity contribution in [1.29, 1.82) is 0 Å². The first-order valence-electron chi connectivity index (χ1n) is 5.69. The van der Waals surface area contributed by atoms with E-state index < -0.39 is 0 Å². The molecule has 0 aliphatic heterocycles. The molecule has 0 radical (unpaired) electrons. The lowest BCUT2D eigenvalue weighted by atomic mass is 10.2. The summed E-state index contributed by atoms with van der Waals surface area (Å²) in [6.45, 7) is 1.38. The molecule has 0 fully saturated rings. The molecule has 0 bridgehead atoms. The Kier molecular flexibility index (Phi) is 6.03. The van der Waals surface area contributed by atoms with Crippen molar-refractivity contribution in [3.8, 4) is 0 Å². The number of unbranched alkanes of at least 4 members (excludes halogenated alkanes) is 1. The Labute approximate surface area is 102 Å². The van der Waals surface area contributed by atoms with Crippen LogP contribution >= 0.6 is 0 Å². The number of carbonyl (C=O) groups excluding carboxylic acids is 1. The molecule has 0 atom stereocenters. The average Bonchev–Trinajstić information content (AvgIpc) is 2.38. The van der Waals surface area contributed by atoms with E-state index in [1.807, 2.05) is 0 Å². The first-order valence-corrected chi connectivity index (χ1v) is 5.69. The molecular weight excluding hydrogens is 218 g/mol. The second kappa shape index (κ2) is 7.62. The maximum atomic E-state index is 11.8. The number of nitrogens with one attached hydrogen (secondary N) is 2. The van der Waals surface area contributed by atoms with Crippen molar-refractivity contribution >= 4 is 11.7 Å². The molecule has 1 aromatic heterocycles. The summed E-state index contributed by atoms with van der Waals surface area (Å²) in [5, 5.41) is 5.75. The van der Waals surface area contributed by atoms with Crippen LogP contribution in [0.1, 0.15) is 23.2 Å². The van der Waals surface area contributed by atoms with E-state index in [-0.39, 0.29) is 5.91 Å². The zero-order valence-corrected chi connectivity index (χ0v) is 10.3. The number of anilines is 1. The van der Waals surface area contributed by atoms with Crippen molar-refractivity contribution in [3.05, 3.63) is 23.9 Å². The van der Waals surface area contributed by atoms with E-state index in [9.17, 15) is 4.79 Å². The van der Waals surface area contributed by atoms with Crippen molar-refractivity contribution in [2.24, 2.45) is 0 Å². The quantitative estimate of drug-likeness (QED) is 0.701. The van der Waals surface area contributed by atoms with Gasteiger partial charge in [-0.05, 0) is 25.0 Å². The molecule has 94 valence electrons. The van der Waals surface area contributed by atoms with Crippen molar-refractivity contribution in [2.45, 2.75) is 12.8 Å². The summed E-state index contributed by atoms with van der Waals surface area (Å²) in [5.41, 5.74) is 0.571. The highest BCUT2D eigenvalue weighted by Gasteiger charge is 2.09. The minimum absolute atomic E-state index is 0.0973. The van der Waals surface area contributed by atoms with Crippen LogP contribution in [0.25, 0.3) is 0 Å². The van der Waals surface area contributed by atoms with Gasteiger partial charge in [0, 0.05) is 33.5 Å². The van der Waals surface area contributed by atoms with Crippen molar-refractivity contribution in [2.75, 3.05) is 32.6 Å². The zero-order chi connectivity index (χ0) is 12.5. The SMILES string of the molecule is CNc1ncccc1C(=O)NCCCCOC. The van der Waals surface area contributed by atoms with Gasteiger partial charge in [0.2, 0.25) is 0 Å². The largest absolute Gasteiger partial charge is 0.385 e. The molecule has 17 heavy (non-hydrogen) atoms. The summed E-state index contributed by atoms with van der Waals surface area (Å²) in [4.78, 5) is 15.9. The second-order valence-corrected chi connectivity index (χ2v) is 3.61. The molecule has 0 spiro atoms. The van der Waals surface area contributed by atoms with Gasteiger partial charge in [-0.2, -0.15) is 0 Å². The smallest absolute Gasteiger partial charge is 0.255 e. The number of hydrogen-bond acceptors (Lipinski definition) is 4. The molecule has 0 saturated heterocycles. The number of amides is 1. The molecule has 5 heteroatoms. The fourth-order valence-corrected chi connectivity index (χ4v) is 1.46. The summed E-state index contributed by atoms with van der Waals surface area (Å²) < 4.78 is 4.94. The van der Waals surface area contributed by atoms with Gasteiger partial charge >= 0.3 is 0 Å². The Balaban J connectivity index is 2.41. The van der Waals surface area contributed by atoms with Crippen LogP contribution in [0.2, 0.25) is 0 Å². The van der Waals surface area contributed by atoms with Gasteiger partial charge in [-0.15, -0.1) is 0 Å². The highest BCUT2D eigenvalue weighted by molar-refractivity contribution is 5.98. The van der Waals surface area contributed by atoms with Crippen LogP contribution < -0.4 is 10.6 Å². The topological polar surface area (TPSA) is 63.2 Å². The highest BCUT2D eigenvalue weighted by atomic mass is 16.5. The van der Waals surface area contributed by atoms with E-state index in [1.165, 1.54) is 0 Å². The summed E-state index contributed by atoms with van der Waals surface area (Å²) in [7, 11) is 3.42. The van der Waals surface area contributed by atoms with Gasteiger partial charge in [0.1, 0.15) is 5.82 Å². The number of aromatic nitrogens is 1. The summed E-state index contributed by atoms with van der Waals surface area (Å²) in [6.07, 6.45) is 3.51. The lowest BCUT2D eigenvalue weighted by molar-refractivity contribution is 0.0952. The van der Waals surface area contributed by atoms with Crippen LogP contribution in [0.15, 0.2) is 18.3 Å². The molecular formula is C12H19N3O2. The van der Waals surface area contributed by atoms with E-state index in [1.54, 1.807) is 32.5 Å². The molecule has 0 aliphatic carbocycles. The molecule has 0 aromatic carbocycles. The van der Waals surface area contributed by atoms with Gasteiger partial charge < -0.3 is 15.4 Å². The highest BCUT2D eigenvalue weighted by Crippen LogP contribution is 2.09. The van der Waals surface area contributed by atoms with Crippen LogP contribution in [-0.2, 0) is 4.74 Å². The number of rotatable bonds is 7. The van der Waals surface area contributed by atoms with Crippen LogP contribution in [0.3, 0.4) is 0 Å². The minimum Gasteiger partial charge on any atom is -0.385 e. The van der Waals surface area contributed by atoms with Crippen LogP contribution in [0.5, 0.6) is 0 Å². The molecule has 1 heterocycles. The van der Waals surface area contributed by atoms with Crippen molar-refractivity contribution in [1.82, 2.24) is 10.3 Å². The van der Waals surface area contributed by atoms with Gasteiger partial charge in [0.05, 0.1) is 5.56 Å². The average molecular weight is 237 g/mol. The fraction of sp³-hybridized carbons (Fsp3) is 0.500. The Hall–Kier alpha value is -1.62. The second-order valence-electron chi connectivity index (χ2n) is 3.61. The molecule has 1 aromatic rings. The number of methoxy groups -OCH3 is 1. The molecule has 0 saturated carbocycles. The first-order chi connectivity index (χ1) is 8.29. The van der Waals surface area contributed by atoms with Gasteiger partial charge in [-0.1, -0.05) is 0 Å². The van der Waals surface area contributed by atoms with Gasteiger partial charge in [-0.3, -0.25) is 4.79 Å². The summed E-state index contributed by atoms with van der Waals surface area (Å²) >= 11 is 0. The predicted molar refractivity (Wildman–Crippen MR) is 67.2 cm³/mol. The number of pyridine rings is 1. The first kappa shape index (κ1) is 13.4. The molecule has 1 amide bonds. The molecule has 5 nitrogen and oxygen atoms in total. The molecule has 1 rings (SSSR count). The third-order valence-corrected chi connectivity index (χ3v) is 2.35. The van der Waals surface area contributed by atoms with Crippen LogP contribution in [-0.4, -0.2) is 38.2 Å². The zero-order valence-electron chi connectivity index (χ0n) is 10.3. The van der Waals surface area contributed by atoms with Gasteiger partial charge in [0.25, 0.3) is 5.91 Å². The number of ether oxygens (including phenoxy) is 1. The van der Waals surface area contributed by atoms with E-state index >= 15 is 0 Å². The van der Waals surface area contributed by atoms with Crippen LogP contribution in [0.4, 0.5) is 5.82 Å². The monoisotopic (exact) mass is 237 g/mol. The lowest BCUT2D eigenvalue weighted by Gasteiger charge is -2.08.